The molecular weight excluding hydrogens is 412 g/mol. The molecule has 0 aliphatic carbocycles. The Bertz CT molecular complexity index is 1440. The van der Waals surface area contributed by atoms with Crippen molar-refractivity contribution in [1.82, 2.24) is 19.6 Å². The highest BCUT2D eigenvalue weighted by Gasteiger charge is 2.16. The van der Waals surface area contributed by atoms with Gasteiger partial charge in [-0.2, -0.15) is 5.10 Å². The van der Waals surface area contributed by atoms with Gasteiger partial charge in [0.25, 0.3) is 0 Å². The molecule has 0 atom stereocenters. The molecule has 0 spiro atoms. The summed E-state index contributed by atoms with van der Waals surface area (Å²) in [5.41, 5.74) is 6.68. The van der Waals surface area contributed by atoms with Crippen molar-refractivity contribution in [2.24, 2.45) is 0 Å². The second kappa shape index (κ2) is 8.90. The molecule has 0 N–H and O–H groups in total. The van der Waals surface area contributed by atoms with Gasteiger partial charge in [0.05, 0.1) is 31.1 Å². The Balaban J connectivity index is 1.65. The zero-order chi connectivity index (χ0) is 22.8. The van der Waals surface area contributed by atoms with Crippen LogP contribution in [0.4, 0.5) is 0 Å². The number of rotatable bonds is 7. The maximum absolute atomic E-state index is 5.93. The topological polar surface area (TPSA) is 61.5 Å². The molecule has 5 rings (SSSR count). The minimum Gasteiger partial charge on any atom is -0.493 e. The lowest BCUT2D eigenvalue weighted by atomic mass is 10.1. The van der Waals surface area contributed by atoms with Crippen LogP contribution in [0.15, 0.2) is 67.0 Å². The number of benzene rings is 2. The summed E-state index contributed by atoms with van der Waals surface area (Å²) in [6.45, 7) is 4.84. The highest BCUT2D eigenvalue weighted by Crippen LogP contribution is 2.35. The third kappa shape index (κ3) is 3.89. The highest BCUT2D eigenvalue weighted by atomic mass is 16.5. The van der Waals surface area contributed by atoms with Crippen molar-refractivity contribution in [3.05, 3.63) is 72.7 Å². The summed E-state index contributed by atoms with van der Waals surface area (Å²) in [5, 5.41) is 5.75. The van der Waals surface area contributed by atoms with Crippen LogP contribution >= 0.6 is 0 Å². The van der Waals surface area contributed by atoms with Crippen LogP contribution in [0.2, 0.25) is 0 Å². The van der Waals surface area contributed by atoms with Crippen molar-refractivity contribution in [3.63, 3.8) is 0 Å². The summed E-state index contributed by atoms with van der Waals surface area (Å²) in [5.74, 6) is 1.44. The SMILES string of the molecule is CCCOc1cc(-c2cnn3c(CC)cc(-c4cnc5ccccc5c4)nc23)ccc1OC. The van der Waals surface area contributed by atoms with Gasteiger partial charge in [-0.05, 0) is 48.7 Å². The van der Waals surface area contributed by atoms with E-state index < -0.39 is 0 Å². The molecule has 0 saturated heterocycles. The molecule has 6 heteroatoms. The number of ether oxygens (including phenoxy) is 2. The fourth-order valence-electron chi connectivity index (χ4n) is 4.01. The zero-order valence-electron chi connectivity index (χ0n) is 19.1. The molecule has 33 heavy (non-hydrogen) atoms. The average molecular weight is 439 g/mol. The number of para-hydroxylation sites is 1. The molecule has 0 amide bonds. The van der Waals surface area contributed by atoms with E-state index in [0.717, 1.165) is 63.2 Å². The minimum absolute atomic E-state index is 0.631. The Morgan fingerprint density at radius 3 is 2.61 bits per heavy atom. The fourth-order valence-corrected chi connectivity index (χ4v) is 4.01. The standard InChI is InChI=1S/C27H26N4O2/c1-4-12-33-26-14-18(10-11-25(26)32-3)22-17-29-31-21(5-2)15-24(30-27(22)31)20-13-19-8-6-7-9-23(19)28-16-20/h6-11,13-17H,4-5,12H2,1-3H3. The molecule has 0 aliphatic rings. The number of fused-ring (bicyclic) bond motifs is 2. The van der Waals surface area contributed by atoms with E-state index in [-0.39, 0.29) is 0 Å². The highest BCUT2D eigenvalue weighted by molar-refractivity contribution is 5.84. The van der Waals surface area contributed by atoms with Gasteiger partial charge in [0.1, 0.15) is 0 Å². The maximum atomic E-state index is 5.93. The molecule has 0 fully saturated rings. The van der Waals surface area contributed by atoms with Gasteiger partial charge in [-0.3, -0.25) is 4.98 Å². The van der Waals surface area contributed by atoms with Crippen LogP contribution in [0.25, 0.3) is 38.9 Å². The molecule has 6 nitrogen and oxygen atoms in total. The first-order valence-electron chi connectivity index (χ1n) is 11.3. The number of pyridine rings is 1. The Kier molecular flexibility index (Phi) is 5.65. The van der Waals surface area contributed by atoms with E-state index in [9.17, 15) is 0 Å². The van der Waals surface area contributed by atoms with E-state index in [1.165, 1.54) is 0 Å². The number of hydrogen-bond donors (Lipinski definition) is 0. The summed E-state index contributed by atoms with van der Waals surface area (Å²) >= 11 is 0. The molecule has 0 radical (unpaired) electrons. The largest absolute Gasteiger partial charge is 0.493 e. The summed E-state index contributed by atoms with van der Waals surface area (Å²) in [4.78, 5) is 9.65. The van der Waals surface area contributed by atoms with Gasteiger partial charge in [0.15, 0.2) is 17.1 Å². The molecular formula is C27H26N4O2. The van der Waals surface area contributed by atoms with Gasteiger partial charge in [-0.1, -0.05) is 38.1 Å². The Morgan fingerprint density at radius 2 is 1.79 bits per heavy atom. The van der Waals surface area contributed by atoms with E-state index in [1.807, 2.05) is 53.3 Å². The first-order valence-corrected chi connectivity index (χ1v) is 11.3. The summed E-state index contributed by atoms with van der Waals surface area (Å²) in [7, 11) is 1.65. The molecule has 166 valence electrons. The second-order valence-electron chi connectivity index (χ2n) is 7.91. The van der Waals surface area contributed by atoms with Crippen molar-refractivity contribution in [1.29, 1.82) is 0 Å². The van der Waals surface area contributed by atoms with Crippen molar-refractivity contribution < 1.29 is 9.47 Å². The van der Waals surface area contributed by atoms with Crippen molar-refractivity contribution >= 4 is 16.6 Å². The zero-order valence-corrected chi connectivity index (χ0v) is 19.1. The van der Waals surface area contributed by atoms with Crippen LogP contribution in [0.5, 0.6) is 11.5 Å². The van der Waals surface area contributed by atoms with Crippen LogP contribution in [0.3, 0.4) is 0 Å². The number of hydrogen-bond acceptors (Lipinski definition) is 5. The van der Waals surface area contributed by atoms with Crippen LogP contribution in [-0.2, 0) is 6.42 Å². The van der Waals surface area contributed by atoms with E-state index in [0.29, 0.717) is 12.4 Å². The van der Waals surface area contributed by atoms with Crippen LogP contribution < -0.4 is 9.47 Å². The molecule has 2 aromatic carbocycles. The van der Waals surface area contributed by atoms with Gasteiger partial charge in [0, 0.05) is 28.4 Å². The first-order chi connectivity index (χ1) is 16.2. The van der Waals surface area contributed by atoms with Crippen molar-refractivity contribution in [2.75, 3.05) is 13.7 Å². The third-order valence-corrected chi connectivity index (χ3v) is 5.73. The van der Waals surface area contributed by atoms with Crippen LogP contribution in [0, 0.1) is 0 Å². The van der Waals surface area contributed by atoms with Gasteiger partial charge in [0.2, 0.25) is 0 Å². The van der Waals surface area contributed by atoms with E-state index in [4.69, 9.17) is 14.5 Å². The summed E-state index contributed by atoms with van der Waals surface area (Å²) in [6.07, 6.45) is 5.52. The summed E-state index contributed by atoms with van der Waals surface area (Å²) in [6, 6.07) is 18.3. The number of aryl methyl sites for hydroxylation is 1. The Labute approximate surface area is 192 Å². The van der Waals surface area contributed by atoms with E-state index in [1.54, 1.807) is 7.11 Å². The molecule has 0 aliphatic heterocycles. The normalized spacial score (nSPS) is 11.2. The molecule has 3 aromatic heterocycles. The van der Waals surface area contributed by atoms with Gasteiger partial charge >= 0.3 is 0 Å². The predicted molar refractivity (Wildman–Crippen MR) is 131 cm³/mol. The van der Waals surface area contributed by atoms with Crippen molar-refractivity contribution in [3.8, 4) is 33.9 Å². The monoisotopic (exact) mass is 438 g/mol. The smallest absolute Gasteiger partial charge is 0.163 e. The second-order valence-corrected chi connectivity index (χ2v) is 7.91. The Hall–Kier alpha value is -3.93. The molecule has 0 saturated carbocycles. The first kappa shape index (κ1) is 20.9. The Morgan fingerprint density at radius 1 is 0.909 bits per heavy atom. The lowest BCUT2D eigenvalue weighted by Gasteiger charge is -2.12. The van der Waals surface area contributed by atoms with E-state index >= 15 is 0 Å². The van der Waals surface area contributed by atoms with Crippen LogP contribution in [0.1, 0.15) is 26.0 Å². The maximum Gasteiger partial charge on any atom is 0.163 e. The number of methoxy groups -OCH3 is 1. The average Bonchev–Trinajstić information content (AvgIpc) is 3.30. The number of nitrogens with zero attached hydrogens (tertiary/aromatic N) is 4. The van der Waals surface area contributed by atoms with Crippen molar-refractivity contribution in [2.45, 2.75) is 26.7 Å². The predicted octanol–water partition coefficient (Wildman–Crippen LogP) is 5.97. The quantitative estimate of drug-likeness (QED) is 0.313. The molecule has 0 bridgehead atoms. The van der Waals surface area contributed by atoms with Gasteiger partial charge in [-0.15, -0.1) is 0 Å². The lowest BCUT2D eigenvalue weighted by Crippen LogP contribution is -2.01. The third-order valence-electron chi connectivity index (χ3n) is 5.73. The van der Waals surface area contributed by atoms with E-state index in [2.05, 4.69) is 42.1 Å². The van der Waals surface area contributed by atoms with Gasteiger partial charge < -0.3 is 9.47 Å². The molecule has 0 unspecified atom stereocenters. The fraction of sp³-hybridized carbons (Fsp3) is 0.222. The molecule has 3 heterocycles. The molecule has 5 aromatic rings. The summed E-state index contributed by atoms with van der Waals surface area (Å²) < 4.78 is 13.3. The van der Waals surface area contributed by atoms with Gasteiger partial charge in [-0.25, -0.2) is 9.50 Å². The lowest BCUT2D eigenvalue weighted by molar-refractivity contribution is 0.294. The van der Waals surface area contributed by atoms with Crippen LogP contribution in [-0.4, -0.2) is 33.3 Å². The minimum atomic E-state index is 0.631. The number of aromatic nitrogens is 4.